The molecule has 8 nitrogen and oxygen atoms in total. The zero-order chi connectivity index (χ0) is 16.0. The highest BCUT2D eigenvalue weighted by Gasteiger charge is 2.34. The lowest BCUT2D eigenvalue weighted by Crippen LogP contribution is -2.59. The predicted molar refractivity (Wildman–Crippen MR) is 74.8 cm³/mol. The highest BCUT2D eigenvalue weighted by atomic mass is 16.5. The van der Waals surface area contributed by atoms with Gasteiger partial charge in [0.25, 0.3) is 0 Å². The van der Waals surface area contributed by atoms with E-state index in [1.54, 1.807) is 6.92 Å². The van der Waals surface area contributed by atoms with Crippen LogP contribution in [-0.2, 0) is 14.3 Å². The van der Waals surface area contributed by atoms with Gasteiger partial charge >= 0.3 is 12.0 Å². The highest BCUT2D eigenvalue weighted by Crippen LogP contribution is 2.14. The van der Waals surface area contributed by atoms with Gasteiger partial charge in [-0.1, -0.05) is 0 Å². The predicted octanol–water partition coefficient (Wildman–Crippen LogP) is -0.356. The second-order valence-corrected chi connectivity index (χ2v) is 5.53. The molecule has 1 rings (SSSR count). The first-order chi connectivity index (χ1) is 9.79. The highest BCUT2D eigenvalue weighted by molar-refractivity contribution is 5.87. The lowest BCUT2D eigenvalue weighted by Gasteiger charge is -2.35. The minimum absolute atomic E-state index is 0.0133. The number of rotatable bonds is 5. The second kappa shape index (κ2) is 7.26. The molecule has 0 radical (unpaired) electrons. The number of ether oxygens (including phenoxy) is 1. The summed E-state index contributed by atoms with van der Waals surface area (Å²) in [7, 11) is 0. The first kappa shape index (κ1) is 17.2. The van der Waals surface area contributed by atoms with Gasteiger partial charge in [0.2, 0.25) is 5.91 Å². The first-order valence-electron chi connectivity index (χ1n) is 6.93. The van der Waals surface area contributed by atoms with Crippen LogP contribution in [0.1, 0.15) is 20.8 Å². The number of carboxylic acid groups (broad SMARTS) is 1. The van der Waals surface area contributed by atoms with Crippen molar-refractivity contribution in [2.24, 2.45) is 5.41 Å². The average molecular weight is 301 g/mol. The molecule has 0 saturated carbocycles. The maximum atomic E-state index is 12.2. The van der Waals surface area contributed by atoms with Crippen LogP contribution in [0.5, 0.6) is 0 Å². The van der Waals surface area contributed by atoms with E-state index >= 15 is 0 Å². The molecule has 0 aromatic carbocycles. The van der Waals surface area contributed by atoms with Gasteiger partial charge in [-0.25, -0.2) is 4.79 Å². The van der Waals surface area contributed by atoms with Crippen LogP contribution >= 0.6 is 0 Å². The van der Waals surface area contributed by atoms with Gasteiger partial charge in [-0.3, -0.25) is 9.59 Å². The van der Waals surface area contributed by atoms with Crippen LogP contribution in [-0.4, -0.2) is 66.8 Å². The third kappa shape index (κ3) is 4.59. The van der Waals surface area contributed by atoms with Gasteiger partial charge in [0.1, 0.15) is 6.04 Å². The zero-order valence-electron chi connectivity index (χ0n) is 12.6. The van der Waals surface area contributed by atoms with E-state index in [2.05, 4.69) is 10.6 Å². The molecule has 1 unspecified atom stereocenters. The summed E-state index contributed by atoms with van der Waals surface area (Å²) in [6.45, 7) is 6.08. The summed E-state index contributed by atoms with van der Waals surface area (Å²) in [5.41, 5.74) is -1.07. The topological polar surface area (TPSA) is 108 Å². The molecule has 1 aliphatic rings. The van der Waals surface area contributed by atoms with E-state index in [9.17, 15) is 14.4 Å². The van der Waals surface area contributed by atoms with E-state index in [1.807, 2.05) is 0 Å². The number of morpholine rings is 1. The molecule has 21 heavy (non-hydrogen) atoms. The van der Waals surface area contributed by atoms with E-state index in [0.29, 0.717) is 19.7 Å². The van der Waals surface area contributed by atoms with Gasteiger partial charge < -0.3 is 25.4 Å². The number of hydrogen-bond acceptors (Lipinski definition) is 4. The summed E-state index contributed by atoms with van der Waals surface area (Å²) in [5, 5.41) is 14.3. The standard InChI is InChI=1S/C13H23N3O5/c1-4-14-10(17)9-7-21-6-5-16(9)12(20)15-8-13(2,3)11(18)19/h9H,4-8H2,1-3H3,(H,14,17)(H,15,20)(H,18,19). The Kier molecular flexibility index (Phi) is 5.95. The monoisotopic (exact) mass is 301 g/mol. The van der Waals surface area contributed by atoms with Crippen molar-refractivity contribution >= 4 is 17.9 Å². The van der Waals surface area contributed by atoms with E-state index in [0.717, 1.165) is 0 Å². The smallest absolute Gasteiger partial charge is 0.318 e. The fourth-order valence-electron chi connectivity index (χ4n) is 1.83. The molecule has 0 aromatic rings. The minimum atomic E-state index is -1.07. The van der Waals surface area contributed by atoms with Crippen LogP contribution in [0, 0.1) is 5.41 Å². The minimum Gasteiger partial charge on any atom is -0.481 e. The number of aliphatic carboxylic acids is 1. The number of carbonyl (C=O) groups excluding carboxylic acids is 2. The normalized spacial score (nSPS) is 19.0. The molecule has 1 fully saturated rings. The number of urea groups is 1. The molecule has 0 bridgehead atoms. The van der Waals surface area contributed by atoms with Gasteiger partial charge in [-0.2, -0.15) is 0 Å². The van der Waals surface area contributed by atoms with Crippen LogP contribution in [0.2, 0.25) is 0 Å². The average Bonchev–Trinajstić information content (AvgIpc) is 2.45. The van der Waals surface area contributed by atoms with Crippen molar-refractivity contribution in [1.82, 2.24) is 15.5 Å². The fourth-order valence-corrected chi connectivity index (χ4v) is 1.83. The summed E-state index contributed by atoms with van der Waals surface area (Å²) in [4.78, 5) is 36.5. The van der Waals surface area contributed by atoms with Gasteiger partial charge in [-0.05, 0) is 20.8 Å². The second-order valence-electron chi connectivity index (χ2n) is 5.53. The van der Waals surface area contributed by atoms with E-state index < -0.39 is 23.5 Å². The number of carboxylic acids is 1. The maximum absolute atomic E-state index is 12.2. The molecule has 0 spiro atoms. The molecular weight excluding hydrogens is 278 g/mol. The fraction of sp³-hybridized carbons (Fsp3) is 0.769. The summed E-state index contributed by atoms with van der Waals surface area (Å²) >= 11 is 0. The Morgan fingerprint density at radius 1 is 1.33 bits per heavy atom. The number of nitrogens with one attached hydrogen (secondary N) is 2. The third-order valence-electron chi connectivity index (χ3n) is 3.30. The molecule has 120 valence electrons. The maximum Gasteiger partial charge on any atom is 0.318 e. The number of hydrogen-bond donors (Lipinski definition) is 3. The molecule has 3 amide bonds. The van der Waals surface area contributed by atoms with Gasteiger partial charge in [0.05, 0.1) is 18.6 Å². The molecule has 8 heteroatoms. The van der Waals surface area contributed by atoms with Crippen LogP contribution in [0.15, 0.2) is 0 Å². The molecule has 3 N–H and O–H groups in total. The molecule has 1 aliphatic heterocycles. The SMILES string of the molecule is CCNC(=O)C1COCCN1C(=O)NCC(C)(C)C(=O)O. The van der Waals surface area contributed by atoms with Gasteiger partial charge in [0, 0.05) is 19.6 Å². The Bertz CT molecular complexity index is 411. The Morgan fingerprint density at radius 2 is 2.00 bits per heavy atom. The van der Waals surface area contributed by atoms with Crippen molar-refractivity contribution in [2.45, 2.75) is 26.8 Å². The number of nitrogens with zero attached hydrogens (tertiary/aromatic N) is 1. The number of carbonyl (C=O) groups is 3. The quantitative estimate of drug-likeness (QED) is 0.643. The van der Waals surface area contributed by atoms with Crippen molar-refractivity contribution < 1.29 is 24.2 Å². The van der Waals surface area contributed by atoms with Gasteiger partial charge in [0.15, 0.2) is 0 Å². The van der Waals surface area contributed by atoms with Crippen molar-refractivity contribution in [3.05, 3.63) is 0 Å². The Morgan fingerprint density at radius 3 is 2.57 bits per heavy atom. The molecule has 1 heterocycles. The summed E-state index contributed by atoms with van der Waals surface area (Å²) in [6, 6.07) is -1.14. The van der Waals surface area contributed by atoms with Gasteiger partial charge in [-0.15, -0.1) is 0 Å². The van der Waals surface area contributed by atoms with Crippen molar-refractivity contribution in [3.63, 3.8) is 0 Å². The zero-order valence-corrected chi connectivity index (χ0v) is 12.6. The lowest BCUT2D eigenvalue weighted by molar-refractivity contribution is -0.146. The van der Waals surface area contributed by atoms with Crippen molar-refractivity contribution in [2.75, 3.05) is 32.8 Å². The van der Waals surface area contributed by atoms with Crippen LogP contribution < -0.4 is 10.6 Å². The van der Waals surface area contributed by atoms with Crippen molar-refractivity contribution in [1.29, 1.82) is 0 Å². The summed E-state index contributed by atoms with van der Waals surface area (Å²) in [5.74, 6) is -1.27. The number of likely N-dealkylation sites (N-methyl/N-ethyl adjacent to an activating group) is 1. The molecule has 1 atom stereocenters. The Balaban J connectivity index is 2.65. The van der Waals surface area contributed by atoms with Crippen LogP contribution in [0.3, 0.4) is 0 Å². The molecular formula is C13H23N3O5. The molecule has 1 saturated heterocycles. The third-order valence-corrected chi connectivity index (χ3v) is 3.30. The van der Waals surface area contributed by atoms with Crippen LogP contribution in [0.4, 0.5) is 4.79 Å². The van der Waals surface area contributed by atoms with E-state index in [1.165, 1.54) is 18.7 Å². The van der Waals surface area contributed by atoms with Crippen molar-refractivity contribution in [3.8, 4) is 0 Å². The summed E-state index contributed by atoms with van der Waals surface area (Å²) in [6.07, 6.45) is 0. The Hall–Kier alpha value is -1.83. The summed E-state index contributed by atoms with van der Waals surface area (Å²) < 4.78 is 5.24. The van der Waals surface area contributed by atoms with E-state index in [-0.39, 0.29) is 19.1 Å². The molecule has 0 aromatic heterocycles. The largest absolute Gasteiger partial charge is 0.481 e. The lowest BCUT2D eigenvalue weighted by atomic mass is 9.94. The first-order valence-corrected chi connectivity index (χ1v) is 6.93. The van der Waals surface area contributed by atoms with Crippen LogP contribution in [0.25, 0.3) is 0 Å². The Labute approximate surface area is 123 Å². The van der Waals surface area contributed by atoms with E-state index in [4.69, 9.17) is 9.84 Å². The number of amides is 3. The molecule has 0 aliphatic carbocycles.